The van der Waals surface area contributed by atoms with Crippen LogP contribution < -0.4 is 0 Å². The number of nitrogens with zero attached hydrogens (tertiary/aromatic N) is 2. The van der Waals surface area contributed by atoms with E-state index in [-0.39, 0.29) is 5.92 Å². The van der Waals surface area contributed by atoms with E-state index in [1.165, 1.54) is 0 Å². The quantitative estimate of drug-likeness (QED) is 0.856. The number of halogens is 1. The lowest BCUT2D eigenvalue weighted by atomic mass is 10.00. The summed E-state index contributed by atoms with van der Waals surface area (Å²) in [6.07, 6.45) is 2.44. The number of hydrogen-bond acceptors (Lipinski definition) is 3. The van der Waals surface area contributed by atoms with Crippen LogP contribution in [0.15, 0.2) is 4.47 Å². The molecule has 1 unspecified atom stereocenters. The van der Waals surface area contributed by atoms with Gasteiger partial charge in [0.05, 0.1) is 15.9 Å². The molecule has 1 aliphatic rings. The fourth-order valence-electron chi connectivity index (χ4n) is 2.11. The van der Waals surface area contributed by atoms with Gasteiger partial charge in [-0.05, 0) is 34.5 Å². The molecule has 3 nitrogen and oxygen atoms in total. The number of carbonyl (C=O) groups is 1. The van der Waals surface area contributed by atoms with Crippen molar-refractivity contribution >= 4 is 33.5 Å². The highest BCUT2D eigenvalue weighted by molar-refractivity contribution is 9.10. The minimum absolute atomic E-state index is 0.256. The summed E-state index contributed by atoms with van der Waals surface area (Å²) in [5.41, 5.74) is 2.06. The highest BCUT2D eigenvalue weighted by atomic mass is 79.9. The third-order valence-electron chi connectivity index (χ3n) is 3.23. The standard InChI is InChI=1S/C12H17BrN2OS/c1-3-9-12(13)10(15(2)14-9)6-11(16)8-4-5-17-7-8/h8H,3-7H2,1-2H3. The summed E-state index contributed by atoms with van der Waals surface area (Å²) in [5, 5.41) is 4.42. The molecule has 17 heavy (non-hydrogen) atoms. The lowest BCUT2D eigenvalue weighted by Crippen LogP contribution is -2.18. The number of Topliss-reactive ketones (excluding diaryl/α,β-unsaturated/α-hetero) is 1. The number of rotatable bonds is 4. The maximum Gasteiger partial charge on any atom is 0.142 e. The summed E-state index contributed by atoms with van der Waals surface area (Å²) in [4.78, 5) is 12.1. The Labute approximate surface area is 114 Å². The van der Waals surface area contributed by atoms with Crippen molar-refractivity contribution in [2.24, 2.45) is 13.0 Å². The van der Waals surface area contributed by atoms with Gasteiger partial charge in [0.2, 0.25) is 0 Å². The Balaban J connectivity index is 2.12. The van der Waals surface area contributed by atoms with Crippen LogP contribution in [0.3, 0.4) is 0 Å². The van der Waals surface area contributed by atoms with Crippen molar-refractivity contribution in [1.29, 1.82) is 0 Å². The summed E-state index contributed by atoms with van der Waals surface area (Å²) >= 11 is 5.44. The molecule has 0 spiro atoms. The lowest BCUT2D eigenvalue weighted by Gasteiger charge is -2.07. The molecule has 0 N–H and O–H groups in total. The zero-order chi connectivity index (χ0) is 12.4. The zero-order valence-corrected chi connectivity index (χ0v) is 12.6. The molecule has 1 fully saturated rings. The van der Waals surface area contributed by atoms with Crippen LogP contribution in [-0.4, -0.2) is 27.1 Å². The summed E-state index contributed by atoms with van der Waals surface area (Å²) in [6, 6.07) is 0. The molecule has 0 bridgehead atoms. The maximum atomic E-state index is 12.1. The number of hydrogen-bond donors (Lipinski definition) is 0. The van der Waals surface area contributed by atoms with Crippen LogP contribution in [0.1, 0.15) is 24.7 Å². The number of thioether (sulfide) groups is 1. The van der Waals surface area contributed by atoms with E-state index in [1.54, 1.807) is 0 Å². The largest absolute Gasteiger partial charge is 0.299 e. The molecule has 5 heteroatoms. The molecule has 0 aromatic carbocycles. The van der Waals surface area contributed by atoms with Crippen LogP contribution in [0, 0.1) is 5.92 Å². The molecule has 1 atom stereocenters. The molecule has 1 aromatic heterocycles. The Morgan fingerprint density at radius 3 is 2.94 bits per heavy atom. The Morgan fingerprint density at radius 2 is 2.41 bits per heavy atom. The predicted molar refractivity (Wildman–Crippen MR) is 74.4 cm³/mol. The molecule has 0 radical (unpaired) electrons. The Hall–Kier alpha value is -0.290. The van der Waals surface area contributed by atoms with Crippen molar-refractivity contribution < 1.29 is 4.79 Å². The smallest absolute Gasteiger partial charge is 0.142 e. The molecule has 2 heterocycles. The second-order valence-electron chi connectivity index (χ2n) is 4.39. The molecule has 0 aliphatic carbocycles. The molecule has 94 valence electrons. The van der Waals surface area contributed by atoms with Gasteiger partial charge in [0.25, 0.3) is 0 Å². The Morgan fingerprint density at radius 1 is 1.65 bits per heavy atom. The molecular formula is C12H17BrN2OS. The molecule has 0 amide bonds. The average molecular weight is 317 g/mol. The van der Waals surface area contributed by atoms with E-state index in [0.29, 0.717) is 12.2 Å². The second kappa shape index (κ2) is 5.57. The summed E-state index contributed by atoms with van der Waals surface area (Å²) < 4.78 is 2.85. The van der Waals surface area contributed by atoms with Crippen LogP contribution in [0.25, 0.3) is 0 Å². The summed E-state index contributed by atoms with van der Waals surface area (Å²) in [6.45, 7) is 2.08. The van der Waals surface area contributed by atoms with E-state index in [0.717, 1.165) is 40.2 Å². The molecule has 2 rings (SSSR count). The van der Waals surface area contributed by atoms with E-state index < -0.39 is 0 Å². The van der Waals surface area contributed by atoms with Gasteiger partial charge in [0.15, 0.2) is 0 Å². The Kier molecular flexibility index (Phi) is 4.31. The van der Waals surface area contributed by atoms with Crippen LogP contribution in [-0.2, 0) is 24.7 Å². The van der Waals surface area contributed by atoms with Gasteiger partial charge in [0, 0.05) is 25.1 Å². The first-order valence-corrected chi connectivity index (χ1v) is 7.89. The number of aryl methyl sites for hydroxylation is 2. The number of carbonyl (C=O) groups excluding carboxylic acids is 1. The first-order chi connectivity index (χ1) is 8.13. The number of ketones is 1. The highest BCUT2D eigenvalue weighted by Gasteiger charge is 2.25. The predicted octanol–water partition coefficient (Wildman–Crippen LogP) is 2.61. The van der Waals surface area contributed by atoms with Crippen LogP contribution in [0.4, 0.5) is 0 Å². The third kappa shape index (κ3) is 2.76. The molecule has 1 aromatic rings. The van der Waals surface area contributed by atoms with Crippen LogP contribution >= 0.6 is 27.7 Å². The summed E-state index contributed by atoms with van der Waals surface area (Å²) in [5.74, 6) is 2.74. The van der Waals surface area contributed by atoms with Gasteiger partial charge < -0.3 is 0 Å². The minimum Gasteiger partial charge on any atom is -0.299 e. The normalized spacial score (nSPS) is 19.8. The van der Waals surface area contributed by atoms with E-state index in [2.05, 4.69) is 28.0 Å². The van der Waals surface area contributed by atoms with Gasteiger partial charge in [-0.1, -0.05) is 6.92 Å². The van der Waals surface area contributed by atoms with E-state index in [1.807, 2.05) is 23.5 Å². The van der Waals surface area contributed by atoms with Gasteiger partial charge in [-0.3, -0.25) is 9.48 Å². The second-order valence-corrected chi connectivity index (χ2v) is 6.33. The van der Waals surface area contributed by atoms with Gasteiger partial charge in [0.1, 0.15) is 5.78 Å². The van der Waals surface area contributed by atoms with Crippen molar-refractivity contribution in [1.82, 2.24) is 9.78 Å². The first kappa shape index (κ1) is 13.1. The fraction of sp³-hybridized carbons (Fsp3) is 0.667. The van der Waals surface area contributed by atoms with Crippen molar-refractivity contribution in [3.05, 3.63) is 15.9 Å². The monoisotopic (exact) mass is 316 g/mol. The van der Waals surface area contributed by atoms with Crippen molar-refractivity contribution in [2.75, 3.05) is 11.5 Å². The zero-order valence-electron chi connectivity index (χ0n) is 10.2. The van der Waals surface area contributed by atoms with Crippen molar-refractivity contribution in [2.45, 2.75) is 26.2 Å². The van der Waals surface area contributed by atoms with Crippen LogP contribution in [0.5, 0.6) is 0 Å². The Bertz CT molecular complexity index is 424. The van der Waals surface area contributed by atoms with E-state index in [9.17, 15) is 4.79 Å². The van der Waals surface area contributed by atoms with Gasteiger partial charge in [-0.15, -0.1) is 0 Å². The van der Waals surface area contributed by atoms with Crippen LogP contribution in [0.2, 0.25) is 0 Å². The fourth-order valence-corrected chi connectivity index (χ4v) is 4.12. The van der Waals surface area contributed by atoms with Gasteiger partial charge in [-0.2, -0.15) is 16.9 Å². The van der Waals surface area contributed by atoms with Gasteiger partial charge >= 0.3 is 0 Å². The van der Waals surface area contributed by atoms with Crippen molar-refractivity contribution in [3.8, 4) is 0 Å². The minimum atomic E-state index is 0.256. The number of aromatic nitrogens is 2. The lowest BCUT2D eigenvalue weighted by molar-refractivity contribution is -0.121. The topological polar surface area (TPSA) is 34.9 Å². The van der Waals surface area contributed by atoms with E-state index in [4.69, 9.17) is 0 Å². The maximum absolute atomic E-state index is 12.1. The average Bonchev–Trinajstić information content (AvgIpc) is 2.92. The molecule has 1 aliphatic heterocycles. The highest BCUT2D eigenvalue weighted by Crippen LogP contribution is 2.27. The third-order valence-corrected chi connectivity index (χ3v) is 5.31. The summed E-state index contributed by atoms with van der Waals surface area (Å²) in [7, 11) is 1.91. The van der Waals surface area contributed by atoms with Crippen molar-refractivity contribution in [3.63, 3.8) is 0 Å². The van der Waals surface area contributed by atoms with Gasteiger partial charge in [-0.25, -0.2) is 0 Å². The molecule has 1 saturated heterocycles. The van der Waals surface area contributed by atoms with E-state index >= 15 is 0 Å². The molecular weight excluding hydrogens is 300 g/mol. The first-order valence-electron chi connectivity index (χ1n) is 5.94. The molecule has 0 saturated carbocycles. The SMILES string of the molecule is CCc1nn(C)c(CC(=O)C2CCSC2)c1Br.